The Bertz CT molecular complexity index is 1030. The maximum absolute atomic E-state index is 13.7. The lowest BCUT2D eigenvalue weighted by Crippen LogP contribution is -2.70. The smallest absolute Gasteiger partial charge is 0.436 e. The average molecular weight is 443 g/mol. The maximum Gasteiger partial charge on any atom is 0.436 e. The predicted molar refractivity (Wildman–Crippen MR) is 109 cm³/mol. The third kappa shape index (κ3) is 4.75. The minimum atomic E-state index is -1.37. The molecule has 0 aromatic heterocycles. The Morgan fingerprint density at radius 1 is 1.16 bits per heavy atom. The number of rotatable bonds is 6. The summed E-state index contributed by atoms with van der Waals surface area (Å²) < 4.78 is 24.1. The van der Waals surface area contributed by atoms with E-state index in [9.17, 15) is 23.6 Å². The van der Waals surface area contributed by atoms with E-state index in [0.29, 0.717) is 15.6 Å². The van der Waals surface area contributed by atoms with Gasteiger partial charge in [0.05, 0.1) is 6.04 Å². The van der Waals surface area contributed by atoms with Crippen LogP contribution in [0.4, 0.5) is 9.18 Å². The number of hydrogen-bond acceptors (Lipinski definition) is 7. The molecule has 0 spiro atoms. The molecule has 168 valence electrons. The number of hydrogen-bond donors (Lipinski definition) is 1. The summed E-state index contributed by atoms with van der Waals surface area (Å²) in [5.74, 6) is -4.17. The van der Waals surface area contributed by atoms with Crippen LogP contribution in [-0.2, 0) is 30.5 Å². The van der Waals surface area contributed by atoms with E-state index >= 15 is 0 Å². The molecule has 1 fully saturated rings. The Hall–Kier alpha value is -3.79. The first-order valence-electron chi connectivity index (χ1n) is 9.76. The second kappa shape index (κ2) is 9.56. The number of esters is 1. The van der Waals surface area contributed by atoms with Crippen molar-refractivity contribution in [1.82, 2.24) is 10.0 Å². The number of β-lactam (4-membered cyclic amide) rings is 1. The van der Waals surface area contributed by atoms with E-state index in [1.54, 1.807) is 30.3 Å². The van der Waals surface area contributed by atoms with Crippen molar-refractivity contribution in [3.63, 3.8) is 0 Å². The first-order chi connectivity index (χ1) is 15.2. The molecule has 0 aliphatic carbocycles. The molecule has 1 saturated heterocycles. The zero-order valence-corrected chi connectivity index (χ0v) is 17.4. The molecule has 2 N–H and O–H groups in total. The van der Waals surface area contributed by atoms with Crippen molar-refractivity contribution in [2.75, 3.05) is 0 Å². The van der Waals surface area contributed by atoms with Gasteiger partial charge in [-0.2, -0.15) is 5.01 Å². The van der Waals surface area contributed by atoms with Gasteiger partial charge < -0.3 is 15.2 Å². The molecule has 0 radical (unpaired) electrons. The van der Waals surface area contributed by atoms with Crippen LogP contribution in [0.2, 0.25) is 0 Å². The van der Waals surface area contributed by atoms with Gasteiger partial charge in [0.15, 0.2) is 0 Å². The summed E-state index contributed by atoms with van der Waals surface area (Å²) in [5, 5.41) is 1.11. The first kappa shape index (κ1) is 22.9. The molecule has 1 aliphatic rings. The number of imide groups is 1. The van der Waals surface area contributed by atoms with Gasteiger partial charge in [0.2, 0.25) is 6.23 Å². The van der Waals surface area contributed by atoms with E-state index in [4.69, 9.17) is 15.2 Å². The number of benzene rings is 2. The molecular formula is C22H22FN3O6. The van der Waals surface area contributed by atoms with Crippen LogP contribution in [0, 0.1) is 5.82 Å². The van der Waals surface area contributed by atoms with Crippen LogP contribution in [0.3, 0.4) is 0 Å². The van der Waals surface area contributed by atoms with Crippen molar-refractivity contribution in [1.29, 1.82) is 0 Å². The Morgan fingerprint density at radius 2 is 1.84 bits per heavy atom. The van der Waals surface area contributed by atoms with E-state index in [-0.39, 0.29) is 12.2 Å². The summed E-state index contributed by atoms with van der Waals surface area (Å²) in [4.78, 5) is 50.2. The molecule has 3 amide bonds. The molecule has 32 heavy (non-hydrogen) atoms. The minimum absolute atomic E-state index is 0.171. The number of nitrogens with two attached hydrogens (primary N) is 1. The van der Waals surface area contributed by atoms with Crippen LogP contribution in [-0.4, -0.2) is 46.2 Å². The van der Waals surface area contributed by atoms with E-state index in [0.717, 1.165) is 13.0 Å². The summed E-state index contributed by atoms with van der Waals surface area (Å²) in [6.45, 7) is 2.26. The number of nitrogens with zero attached hydrogens (tertiary/aromatic N) is 2. The highest BCUT2D eigenvalue weighted by Gasteiger charge is 2.57. The average Bonchev–Trinajstić information content (AvgIpc) is 2.75. The number of carbonyl (C=O) groups is 4. The van der Waals surface area contributed by atoms with Crippen molar-refractivity contribution in [3.8, 4) is 0 Å². The van der Waals surface area contributed by atoms with Crippen molar-refractivity contribution in [2.24, 2.45) is 5.73 Å². The fraction of sp³-hybridized carbons (Fsp3) is 0.273. The van der Waals surface area contributed by atoms with Crippen LogP contribution < -0.4 is 5.73 Å². The molecule has 2 aromatic carbocycles. The highest BCUT2D eigenvalue weighted by molar-refractivity contribution is 6.00. The van der Waals surface area contributed by atoms with Gasteiger partial charge in [0, 0.05) is 6.92 Å². The number of halogens is 1. The topological polar surface area (TPSA) is 119 Å². The van der Waals surface area contributed by atoms with Crippen molar-refractivity contribution in [2.45, 2.75) is 38.6 Å². The van der Waals surface area contributed by atoms with Crippen LogP contribution >= 0.6 is 0 Å². The van der Waals surface area contributed by atoms with E-state index in [1.165, 1.54) is 25.1 Å². The van der Waals surface area contributed by atoms with Gasteiger partial charge in [-0.3, -0.25) is 14.4 Å². The zero-order chi connectivity index (χ0) is 23.4. The zero-order valence-electron chi connectivity index (χ0n) is 17.4. The second-order valence-corrected chi connectivity index (χ2v) is 7.19. The lowest BCUT2D eigenvalue weighted by Gasteiger charge is -2.48. The highest BCUT2D eigenvalue weighted by Crippen LogP contribution is 2.38. The summed E-state index contributed by atoms with van der Waals surface area (Å²) in [7, 11) is 0. The number of hydrazine groups is 1. The molecule has 10 heteroatoms. The number of carbonyl (C=O) groups excluding carboxylic acids is 4. The highest BCUT2D eigenvalue weighted by atomic mass is 19.1. The van der Waals surface area contributed by atoms with E-state index in [1.807, 2.05) is 0 Å². The van der Waals surface area contributed by atoms with Gasteiger partial charge in [0.1, 0.15) is 18.3 Å². The largest absolute Gasteiger partial charge is 0.443 e. The van der Waals surface area contributed by atoms with Crippen molar-refractivity contribution in [3.05, 3.63) is 71.5 Å². The summed E-state index contributed by atoms with van der Waals surface area (Å²) in [5.41, 5.74) is 6.54. The van der Waals surface area contributed by atoms with Crippen LogP contribution in [0.15, 0.2) is 54.6 Å². The normalized spacial score (nSPS) is 18.4. The Morgan fingerprint density at radius 3 is 2.44 bits per heavy atom. The molecule has 1 heterocycles. The monoisotopic (exact) mass is 443 g/mol. The summed E-state index contributed by atoms with van der Waals surface area (Å²) in [6.07, 6.45) is -2.53. The minimum Gasteiger partial charge on any atom is -0.443 e. The molecule has 3 rings (SSSR count). The summed E-state index contributed by atoms with van der Waals surface area (Å²) in [6, 6.07) is 12.7. The van der Waals surface area contributed by atoms with E-state index in [2.05, 4.69) is 0 Å². The molecule has 1 aliphatic heterocycles. The van der Waals surface area contributed by atoms with Gasteiger partial charge in [0.25, 0.3) is 11.8 Å². The van der Waals surface area contributed by atoms with Crippen LogP contribution in [0.5, 0.6) is 0 Å². The van der Waals surface area contributed by atoms with Crippen molar-refractivity contribution >= 4 is 23.9 Å². The number of ether oxygens (including phenoxy) is 2. The van der Waals surface area contributed by atoms with Crippen molar-refractivity contribution < 1.29 is 33.0 Å². The molecule has 0 bridgehead atoms. The lowest BCUT2D eigenvalue weighted by atomic mass is 9.89. The van der Waals surface area contributed by atoms with Gasteiger partial charge >= 0.3 is 12.1 Å². The molecule has 9 nitrogen and oxygen atoms in total. The van der Waals surface area contributed by atoms with Gasteiger partial charge in [-0.1, -0.05) is 42.5 Å². The standard InChI is InChI=1S/C22H22FN3O6/c1-13(24)19(28)26(22(30)31-12-15-7-4-3-5-8-15)25-20(29)18(21(25)32-14(2)27)16-9-6-10-17(23)11-16/h3-11,13,18,21H,12,24H2,1-2H3/t13-,18+,21-/m0/s1. The molecule has 3 atom stereocenters. The Balaban J connectivity index is 1.89. The lowest BCUT2D eigenvalue weighted by molar-refractivity contribution is -0.222. The molecule has 0 unspecified atom stereocenters. The fourth-order valence-electron chi connectivity index (χ4n) is 3.21. The number of amides is 3. The van der Waals surface area contributed by atoms with E-state index < -0.39 is 47.9 Å². The quantitative estimate of drug-likeness (QED) is 0.536. The molecule has 0 saturated carbocycles. The van der Waals surface area contributed by atoms with Gasteiger partial charge in [-0.05, 0) is 30.2 Å². The van der Waals surface area contributed by atoms with Crippen LogP contribution in [0.25, 0.3) is 0 Å². The Kier molecular flexibility index (Phi) is 6.84. The predicted octanol–water partition coefficient (Wildman–Crippen LogP) is 2.07. The second-order valence-electron chi connectivity index (χ2n) is 7.19. The third-order valence-corrected chi connectivity index (χ3v) is 4.70. The van der Waals surface area contributed by atoms with Gasteiger partial charge in [-0.15, -0.1) is 5.01 Å². The summed E-state index contributed by atoms with van der Waals surface area (Å²) >= 11 is 0. The van der Waals surface area contributed by atoms with Crippen LogP contribution in [0.1, 0.15) is 30.9 Å². The Labute approximate surface area is 183 Å². The third-order valence-electron chi connectivity index (χ3n) is 4.70. The van der Waals surface area contributed by atoms with Gasteiger partial charge in [-0.25, -0.2) is 9.18 Å². The fourth-order valence-corrected chi connectivity index (χ4v) is 3.21. The first-order valence-corrected chi connectivity index (χ1v) is 9.76. The SMILES string of the molecule is CC(=O)O[C@H]1[C@H](c2cccc(F)c2)C(=O)N1N(C(=O)OCc1ccccc1)C(=O)[C@H](C)N. The molecule has 2 aromatic rings. The maximum atomic E-state index is 13.7. The molecular weight excluding hydrogens is 421 g/mol.